The van der Waals surface area contributed by atoms with Gasteiger partial charge in [0.05, 0.1) is 18.5 Å². The van der Waals surface area contributed by atoms with E-state index in [2.05, 4.69) is 15.3 Å². The molecule has 0 atom stereocenters. The van der Waals surface area contributed by atoms with Gasteiger partial charge in [-0.25, -0.2) is 14.8 Å². The lowest BCUT2D eigenvalue weighted by atomic mass is 10.3. The first kappa shape index (κ1) is 14.0. The Balaban J connectivity index is 1.74. The fraction of sp³-hybridized carbons (Fsp3) is 0.357. The summed E-state index contributed by atoms with van der Waals surface area (Å²) in [5.74, 6) is 0.412. The van der Waals surface area contributed by atoms with E-state index in [0.717, 1.165) is 25.3 Å². The van der Waals surface area contributed by atoms with E-state index in [-0.39, 0.29) is 5.97 Å². The molecule has 2 rings (SSSR count). The maximum atomic E-state index is 11.5. The Bertz CT molecular complexity index is 523. The second kappa shape index (κ2) is 7.28. The molecule has 0 saturated heterocycles. The predicted molar refractivity (Wildman–Crippen MR) is 75.5 cm³/mol. The van der Waals surface area contributed by atoms with Crippen LogP contribution in [0.3, 0.4) is 0 Å². The molecule has 6 nitrogen and oxygen atoms in total. The molecule has 0 unspecified atom stereocenters. The van der Waals surface area contributed by atoms with Crippen LogP contribution in [0.5, 0.6) is 0 Å². The molecule has 0 aromatic carbocycles. The van der Waals surface area contributed by atoms with Crippen molar-refractivity contribution >= 4 is 11.8 Å². The molecule has 2 aromatic rings. The summed E-state index contributed by atoms with van der Waals surface area (Å²) in [6, 6.07) is 3.49. The van der Waals surface area contributed by atoms with Gasteiger partial charge in [0.25, 0.3) is 0 Å². The van der Waals surface area contributed by atoms with E-state index in [0.29, 0.717) is 12.2 Å². The van der Waals surface area contributed by atoms with Crippen LogP contribution in [0.4, 0.5) is 5.82 Å². The number of carbonyl (C=O) groups excluding carboxylic acids is 1. The molecule has 1 N–H and O–H groups in total. The van der Waals surface area contributed by atoms with E-state index in [1.165, 1.54) is 6.20 Å². The Morgan fingerprint density at radius 2 is 2.35 bits per heavy atom. The highest BCUT2D eigenvalue weighted by atomic mass is 16.5. The standard InChI is InChI=1S/C14H18N4O2/c1-2-20-14(19)12-4-5-13(17-10-12)16-6-3-8-18-9-7-15-11-18/h4-5,7,9-11H,2-3,6,8H2,1H3,(H,16,17). The highest BCUT2D eigenvalue weighted by Gasteiger charge is 2.06. The molecular weight excluding hydrogens is 256 g/mol. The first-order valence-electron chi connectivity index (χ1n) is 6.62. The number of ether oxygens (including phenoxy) is 1. The Hall–Kier alpha value is -2.37. The molecular formula is C14H18N4O2. The molecule has 0 aliphatic carbocycles. The van der Waals surface area contributed by atoms with Crippen LogP contribution < -0.4 is 5.32 Å². The fourth-order valence-electron chi connectivity index (χ4n) is 1.73. The number of esters is 1. The van der Waals surface area contributed by atoms with E-state index in [4.69, 9.17) is 4.74 Å². The number of anilines is 1. The van der Waals surface area contributed by atoms with Crippen molar-refractivity contribution in [3.05, 3.63) is 42.6 Å². The summed E-state index contributed by atoms with van der Waals surface area (Å²) < 4.78 is 6.93. The molecule has 0 amide bonds. The minimum absolute atomic E-state index is 0.341. The first-order valence-corrected chi connectivity index (χ1v) is 6.62. The molecule has 0 fully saturated rings. The van der Waals surface area contributed by atoms with Crippen molar-refractivity contribution in [3.8, 4) is 0 Å². The van der Waals surface area contributed by atoms with E-state index in [9.17, 15) is 4.79 Å². The average Bonchev–Trinajstić information content (AvgIpc) is 2.98. The summed E-state index contributed by atoms with van der Waals surface area (Å²) in [7, 11) is 0. The summed E-state index contributed by atoms with van der Waals surface area (Å²) in [5, 5.41) is 3.21. The lowest BCUT2D eigenvalue weighted by Gasteiger charge is -2.07. The molecule has 0 radical (unpaired) electrons. The van der Waals surface area contributed by atoms with Gasteiger partial charge in [-0.3, -0.25) is 0 Å². The number of pyridine rings is 1. The van der Waals surface area contributed by atoms with Gasteiger partial charge in [0.15, 0.2) is 0 Å². The van der Waals surface area contributed by atoms with Gasteiger partial charge >= 0.3 is 5.97 Å². The minimum Gasteiger partial charge on any atom is -0.462 e. The van der Waals surface area contributed by atoms with Crippen LogP contribution in [-0.2, 0) is 11.3 Å². The zero-order valence-corrected chi connectivity index (χ0v) is 11.5. The first-order chi connectivity index (χ1) is 9.79. The lowest BCUT2D eigenvalue weighted by molar-refractivity contribution is 0.0526. The third-order valence-electron chi connectivity index (χ3n) is 2.73. The molecule has 0 spiro atoms. The van der Waals surface area contributed by atoms with E-state index in [1.807, 2.05) is 10.8 Å². The van der Waals surface area contributed by atoms with Crippen LogP contribution in [0.25, 0.3) is 0 Å². The average molecular weight is 274 g/mol. The zero-order valence-electron chi connectivity index (χ0n) is 11.5. The lowest BCUT2D eigenvalue weighted by Crippen LogP contribution is -2.08. The normalized spacial score (nSPS) is 10.2. The topological polar surface area (TPSA) is 69.0 Å². The Morgan fingerprint density at radius 3 is 3.00 bits per heavy atom. The van der Waals surface area contributed by atoms with Crippen molar-refractivity contribution in [1.29, 1.82) is 0 Å². The summed E-state index contributed by atoms with van der Waals surface area (Å²) in [5.41, 5.74) is 0.468. The van der Waals surface area contributed by atoms with E-state index in [1.54, 1.807) is 31.6 Å². The number of nitrogens with one attached hydrogen (secondary N) is 1. The minimum atomic E-state index is -0.341. The number of rotatable bonds is 7. The van der Waals surface area contributed by atoms with Crippen molar-refractivity contribution in [1.82, 2.24) is 14.5 Å². The van der Waals surface area contributed by atoms with Crippen LogP contribution >= 0.6 is 0 Å². The van der Waals surface area contributed by atoms with Gasteiger partial charge in [0, 0.05) is 31.7 Å². The summed E-state index contributed by atoms with van der Waals surface area (Å²) in [6.07, 6.45) is 8.00. The largest absolute Gasteiger partial charge is 0.462 e. The zero-order chi connectivity index (χ0) is 14.2. The van der Waals surface area contributed by atoms with Crippen molar-refractivity contribution in [3.63, 3.8) is 0 Å². The Kier molecular flexibility index (Phi) is 5.11. The highest BCUT2D eigenvalue weighted by molar-refractivity contribution is 5.89. The van der Waals surface area contributed by atoms with Gasteiger partial charge in [-0.15, -0.1) is 0 Å². The monoisotopic (exact) mass is 274 g/mol. The third kappa shape index (κ3) is 4.08. The van der Waals surface area contributed by atoms with Crippen molar-refractivity contribution < 1.29 is 9.53 Å². The maximum absolute atomic E-state index is 11.5. The molecule has 0 aliphatic rings. The summed E-state index contributed by atoms with van der Waals surface area (Å²) in [6.45, 7) is 3.87. The van der Waals surface area contributed by atoms with Gasteiger partial charge in [-0.1, -0.05) is 0 Å². The van der Waals surface area contributed by atoms with Crippen molar-refractivity contribution in [2.75, 3.05) is 18.5 Å². The Morgan fingerprint density at radius 1 is 1.45 bits per heavy atom. The van der Waals surface area contributed by atoms with Gasteiger partial charge in [0.2, 0.25) is 0 Å². The molecule has 2 aromatic heterocycles. The second-order valence-corrected chi connectivity index (χ2v) is 4.23. The molecule has 6 heteroatoms. The number of hydrogen-bond donors (Lipinski definition) is 1. The smallest absolute Gasteiger partial charge is 0.339 e. The van der Waals surface area contributed by atoms with Crippen LogP contribution in [0, 0.1) is 0 Å². The number of nitrogens with zero attached hydrogens (tertiary/aromatic N) is 3. The van der Waals surface area contributed by atoms with Crippen LogP contribution in [-0.4, -0.2) is 33.7 Å². The Labute approximate surface area is 117 Å². The predicted octanol–water partition coefficient (Wildman–Crippen LogP) is 1.96. The number of hydrogen-bond acceptors (Lipinski definition) is 5. The van der Waals surface area contributed by atoms with Crippen LogP contribution in [0.2, 0.25) is 0 Å². The summed E-state index contributed by atoms with van der Waals surface area (Å²) in [4.78, 5) is 19.6. The number of carbonyl (C=O) groups is 1. The molecule has 20 heavy (non-hydrogen) atoms. The van der Waals surface area contributed by atoms with Gasteiger partial charge < -0.3 is 14.6 Å². The number of imidazole rings is 1. The molecule has 106 valence electrons. The molecule has 0 aliphatic heterocycles. The fourth-order valence-corrected chi connectivity index (χ4v) is 1.73. The number of aromatic nitrogens is 3. The highest BCUT2D eigenvalue weighted by Crippen LogP contribution is 2.06. The maximum Gasteiger partial charge on any atom is 0.339 e. The van der Waals surface area contributed by atoms with Crippen LogP contribution in [0.1, 0.15) is 23.7 Å². The van der Waals surface area contributed by atoms with E-state index < -0.39 is 0 Å². The van der Waals surface area contributed by atoms with Crippen molar-refractivity contribution in [2.24, 2.45) is 0 Å². The molecule has 0 saturated carbocycles. The molecule has 2 heterocycles. The summed E-state index contributed by atoms with van der Waals surface area (Å²) >= 11 is 0. The van der Waals surface area contributed by atoms with Crippen molar-refractivity contribution in [2.45, 2.75) is 19.9 Å². The number of aryl methyl sites for hydroxylation is 1. The van der Waals surface area contributed by atoms with E-state index >= 15 is 0 Å². The third-order valence-corrected chi connectivity index (χ3v) is 2.73. The SMILES string of the molecule is CCOC(=O)c1ccc(NCCCn2ccnc2)nc1. The van der Waals surface area contributed by atoms with Gasteiger partial charge in [-0.05, 0) is 25.5 Å². The molecule has 0 bridgehead atoms. The quantitative estimate of drug-likeness (QED) is 0.617. The van der Waals surface area contributed by atoms with Crippen LogP contribution in [0.15, 0.2) is 37.1 Å². The van der Waals surface area contributed by atoms with Gasteiger partial charge in [-0.2, -0.15) is 0 Å². The second-order valence-electron chi connectivity index (χ2n) is 4.23. The van der Waals surface area contributed by atoms with Gasteiger partial charge in [0.1, 0.15) is 5.82 Å².